The fourth-order valence-corrected chi connectivity index (χ4v) is 5.63. The number of nitriles is 1. The number of piperazine rings is 1. The first-order chi connectivity index (χ1) is 21.3. The molecule has 1 unspecified atom stereocenters. The molecular weight excluding hydrogens is 570 g/mol. The summed E-state index contributed by atoms with van der Waals surface area (Å²) in [5.74, 6) is -0.133. The topological polar surface area (TPSA) is 178 Å². The van der Waals surface area contributed by atoms with Crippen molar-refractivity contribution in [2.24, 2.45) is 11.8 Å². The number of nitrogens with one attached hydrogen (secondary N) is 1. The van der Waals surface area contributed by atoms with Crippen LogP contribution in [0.3, 0.4) is 0 Å². The van der Waals surface area contributed by atoms with Gasteiger partial charge in [-0.3, -0.25) is 9.59 Å². The molecule has 1 aliphatic carbocycles. The number of nitrogens with zero attached hydrogens (tertiary/aromatic N) is 6. The van der Waals surface area contributed by atoms with Gasteiger partial charge in [0.1, 0.15) is 23.7 Å². The molecule has 0 bridgehead atoms. The molecule has 14 heteroatoms. The van der Waals surface area contributed by atoms with E-state index in [1.807, 2.05) is 48.2 Å². The predicted octanol–water partition coefficient (Wildman–Crippen LogP) is 2.37. The van der Waals surface area contributed by atoms with Gasteiger partial charge in [-0.05, 0) is 6.42 Å². The summed E-state index contributed by atoms with van der Waals surface area (Å²) in [7, 11) is 0. The summed E-state index contributed by atoms with van der Waals surface area (Å²) in [5.41, 5.74) is 0.721. The molecule has 2 N–H and O–H groups in total. The molecule has 1 aromatic heterocycles. The molecule has 44 heavy (non-hydrogen) atoms. The van der Waals surface area contributed by atoms with E-state index < -0.39 is 30.1 Å². The Balaban J connectivity index is 1.27. The van der Waals surface area contributed by atoms with Crippen LogP contribution in [0, 0.1) is 23.2 Å². The first-order valence-electron chi connectivity index (χ1n) is 14.8. The number of carboxylic acid groups (broad SMARTS) is 1. The number of fused-ring (bicyclic) bond motifs is 1. The van der Waals surface area contributed by atoms with Gasteiger partial charge in [0.2, 0.25) is 5.91 Å². The lowest BCUT2D eigenvalue weighted by Gasteiger charge is -2.35. The van der Waals surface area contributed by atoms with Gasteiger partial charge < -0.3 is 34.6 Å². The second-order valence-corrected chi connectivity index (χ2v) is 11.1. The molecule has 4 atom stereocenters. The number of anilines is 1. The number of carbonyl (C=O) groups excluding carboxylic acids is 3. The molecule has 1 aromatic carbocycles. The molecule has 3 fully saturated rings. The molecule has 2 aromatic rings. The van der Waals surface area contributed by atoms with Crippen molar-refractivity contribution in [1.29, 1.82) is 5.26 Å². The summed E-state index contributed by atoms with van der Waals surface area (Å²) in [6, 6.07) is 11.6. The Morgan fingerprint density at radius 2 is 1.75 bits per heavy atom. The SMILES string of the molecule is CCCCOC(=O)N1CCN(C(=O)[C@H](CC#N)NC(=O)c2cc(N3C[C@@H]4C(OC(=O)O)[C@@H]4C3)nc(-c3ccccc3)n2)CC1. The molecule has 232 valence electrons. The molecule has 14 nitrogen and oxygen atoms in total. The number of hydrogen-bond acceptors (Lipinski definition) is 10. The van der Waals surface area contributed by atoms with Crippen molar-refractivity contribution in [3.8, 4) is 17.5 Å². The summed E-state index contributed by atoms with van der Waals surface area (Å²) in [4.78, 5) is 64.4. The van der Waals surface area contributed by atoms with E-state index in [1.165, 1.54) is 11.0 Å². The second kappa shape index (κ2) is 13.6. The monoisotopic (exact) mass is 605 g/mol. The third-order valence-electron chi connectivity index (χ3n) is 8.13. The summed E-state index contributed by atoms with van der Waals surface area (Å²) in [6.45, 7) is 4.46. The van der Waals surface area contributed by atoms with Crippen LogP contribution in [0.2, 0.25) is 0 Å². The normalized spacial score (nSPS) is 21.1. The van der Waals surface area contributed by atoms with Crippen LogP contribution in [0.5, 0.6) is 0 Å². The average molecular weight is 606 g/mol. The minimum absolute atomic E-state index is 0.0307. The molecule has 3 aliphatic rings. The number of hydrogen-bond donors (Lipinski definition) is 2. The summed E-state index contributed by atoms with van der Waals surface area (Å²) in [5, 5.41) is 21.1. The van der Waals surface area contributed by atoms with Crippen molar-refractivity contribution >= 4 is 29.9 Å². The molecule has 0 spiro atoms. The molecule has 2 aliphatic heterocycles. The molecule has 3 heterocycles. The lowest BCUT2D eigenvalue weighted by Crippen LogP contribution is -2.56. The Morgan fingerprint density at radius 3 is 2.39 bits per heavy atom. The van der Waals surface area contributed by atoms with Crippen LogP contribution in [0.25, 0.3) is 11.4 Å². The molecular formula is C30H35N7O7. The van der Waals surface area contributed by atoms with Crippen molar-refractivity contribution in [2.45, 2.75) is 38.3 Å². The van der Waals surface area contributed by atoms with E-state index in [9.17, 15) is 24.4 Å². The zero-order chi connectivity index (χ0) is 31.2. The number of benzene rings is 1. The van der Waals surface area contributed by atoms with Crippen molar-refractivity contribution in [3.63, 3.8) is 0 Å². The van der Waals surface area contributed by atoms with Gasteiger partial charge in [-0.15, -0.1) is 0 Å². The number of aromatic nitrogens is 2. The van der Waals surface area contributed by atoms with E-state index in [-0.39, 0.29) is 56.2 Å². The number of piperidine rings is 1. The van der Waals surface area contributed by atoms with Gasteiger partial charge in [0, 0.05) is 62.7 Å². The highest BCUT2D eigenvalue weighted by molar-refractivity contribution is 5.97. The van der Waals surface area contributed by atoms with Crippen LogP contribution < -0.4 is 10.2 Å². The Hall–Kier alpha value is -4.93. The van der Waals surface area contributed by atoms with Crippen molar-refractivity contribution in [1.82, 2.24) is 25.1 Å². The van der Waals surface area contributed by atoms with Crippen LogP contribution in [0.15, 0.2) is 36.4 Å². The summed E-state index contributed by atoms with van der Waals surface area (Å²) in [6.07, 6.45) is -0.601. The van der Waals surface area contributed by atoms with Gasteiger partial charge in [0.25, 0.3) is 5.91 Å². The van der Waals surface area contributed by atoms with Crippen LogP contribution in [0.1, 0.15) is 36.7 Å². The van der Waals surface area contributed by atoms with Gasteiger partial charge in [-0.2, -0.15) is 5.26 Å². The average Bonchev–Trinajstić information content (AvgIpc) is 3.45. The van der Waals surface area contributed by atoms with E-state index in [4.69, 9.17) is 14.6 Å². The molecule has 2 saturated heterocycles. The van der Waals surface area contributed by atoms with Gasteiger partial charge in [0.15, 0.2) is 5.82 Å². The van der Waals surface area contributed by atoms with E-state index in [2.05, 4.69) is 15.3 Å². The second-order valence-electron chi connectivity index (χ2n) is 11.1. The minimum Gasteiger partial charge on any atom is -0.450 e. The first-order valence-corrected chi connectivity index (χ1v) is 14.8. The maximum Gasteiger partial charge on any atom is 0.506 e. The van der Waals surface area contributed by atoms with Crippen LogP contribution in [-0.4, -0.2) is 107 Å². The smallest absolute Gasteiger partial charge is 0.450 e. The molecule has 3 amide bonds. The van der Waals surface area contributed by atoms with E-state index in [1.54, 1.807) is 4.90 Å². The molecule has 5 rings (SSSR count). The highest BCUT2D eigenvalue weighted by Gasteiger charge is 2.59. The number of rotatable bonds is 10. The molecule has 0 radical (unpaired) electrons. The van der Waals surface area contributed by atoms with Crippen LogP contribution >= 0.6 is 0 Å². The zero-order valence-electron chi connectivity index (χ0n) is 24.4. The summed E-state index contributed by atoms with van der Waals surface area (Å²) >= 11 is 0. The Labute approximate surface area is 254 Å². The third kappa shape index (κ3) is 6.99. The predicted molar refractivity (Wildman–Crippen MR) is 155 cm³/mol. The maximum atomic E-state index is 13.5. The standard InChI is InChI=1S/C30H35N7O7/c1-2-3-15-43-29(40)36-13-11-35(12-14-36)28(39)22(9-10-31)33-27(38)23-16-24(34-26(32-23)19-7-5-4-6-8-19)37-17-20-21(18-37)25(20)44-30(41)42/h4-8,16,20-22,25H,2-3,9,11-15,17-18H2,1H3,(H,33,38)(H,41,42)/t20-,21+,22-,25?/m0/s1. The van der Waals surface area contributed by atoms with Crippen molar-refractivity contribution < 1.29 is 33.8 Å². The largest absolute Gasteiger partial charge is 0.506 e. The highest BCUT2D eigenvalue weighted by Crippen LogP contribution is 2.48. The Morgan fingerprint density at radius 1 is 1.07 bits per heavy atom. The van der Waals surface area contributed by atoms with E-state index >= 15 is 0 Å². The Kier molecular flexibility index (Phi) is 9.42. The Bertz CT molecular complexity index is 1410. The van der Waals surface area contributed by atoms with Crippen molar-refractivity contribution in [2.75, 3.05) is 50.8 Å². The van der Waals surface area contributed by atoms with E-state index in [0.717, 1.165) is 12.8 Å². The lowest BCUT2D eigenvalue weighted by atomic mass is 10.1. The van der Waals surface area contributed by atoms with Crippen molar-refractivity contribution in [3.05, 3.63) is 42.1 Å². The van der Waals surface area contributed by atoms with Gasteiger partial charge in [-0.25, -0.2) is 19.6 Å². The maximum absolute atomic E-state index is 13.5. The fraction of sp³-hybridized carbons (Fsp3) is 0.500. The number of carbonyl (C=O) groups is 4. The molecule has 1 saturated carbocycles. The van der Waals surface area contributed by atoms with E-state index in [0.29, 0.717) is 36.9 Å². The van der Waals surface area contributed by atoms with Crippen LogP contribution in [0.4, 0.5) is 15.4 Å². The zero-order valence-corrected chi connectivity index (χ0v) is 24.4. The van der Waals surface area contributed by atoms with Crippen LogP contribution in [-0.2, 0) is 14.3 Å². The van der Waals surface area contributed by atoms with Gasteiger partial charge in [-0.1, -0.05) is 43.7 Å². The quantitative estimate of drug-likeness (QED) is 0.300. The highest BCUT2D eigenvalue weighted by atomic mass is 16.7. The van der Waals surface area contributed by atoms with Gasteiger partial charge >= 0.3 is 12.2 Å². The fourth-order valence-electron chi connectivity index (χ4n) is 5.63. The minimum atomic E-state index is -1.29. The number of unbranched alkanes of at least 4 members (excludes halogenated alkanes) is 1. The third-order valence-corrected chi connectivity index (χ3v) is 8.13. The lowest BCUT2D eigenvalue weighted by molar-refractivity contribution is -0.134. The first kappa shape index (κ1) is 30.5. The number of amides is 3. The number of ether oxygens (including phenoxy) is 2. The summed E-state index contributed by atoms with van der Waals surface area (Å²) < 4.78 is 10.2. The van der Waals surface area contributed by atoms with Gasteiger partial charge in [0.05, 0.1) is 19.1 Å².